The molecule has 2 aromatic carbocycles. The molecule has 27 heavy (non-hydrogen) atoms. The topological polar surface area (TPSA) is 102 Å². The molecule has 0 unspecified atom stereocenters. The lowest BCUT2D eigenvalue weighted by atomic mass is 9.93. The van der Waals surface area contributed by atoms with Gasteiger partial charge in [0.1, 0.15) is 6.07 Å². The smallest absolute Gasteiger partial charge is 0.375 e. The molecule has 0 heterocycles. The molecule has 0 aliphatic rings. The van der Waals surface area contributed by atoms with Crippen LogP contribution in [0.25, 0.3) is 0 Å². The maximum atomic E-state index is 13.3. The van der Waals surface area contributed by atoms with Crippen LogP contribution in [0.1, 0.15) is 11.1 Å². The Kier molecular flexibility index (Phi) is 5.82. The van der Waals surface area contributed by atoms with Gasteiger partial charge in [-0.15, -0.1) is 0 Å². The third-order valence-corrected chi connectivity index (χ3v) is 3.73. The van der Waals surface area contributed by atoms with Gasteiger partial charge in [0.2, 0.25) is 5.60 Å². The molecule has 0 bridgehead atoms. The average molecular weight is 377 g/mol. The first-order valence-corrected chi connectivity index (χ1v) is 7.62. The summed E-state index contributed by atoms with van der Waals surface area (Å²) < 4.78 is 40.0. The molecule has 0 saturated heterocycles. The molecule has 1 atom stereocenters. The molecule has 0 spiro atoms. The number of nitrogens with zero attached hydrogens (tertiary/aromatic N) is 1. The highest BCUT2D eigenvalue weighted by Crippen LogP contribution is 2.38. The summed E-state index contributed by atoms with van der Waals surface area (Å²) in [5.41, 5.74) is -3.73. The van der Waals surface area contributed by atoms with E-state index < -0.39 is 35.7 Å². The van der Waals surface area contributed by atoms with Crippen LogP contribution in [-0.4, -0.2) is 29.6 Å². The predicted molar refractivity (Wildman–Crippen MR) is 89.2 cm³/mol. The number of carbonyl (C=O) groups is 2. The molecule has 0 fully saturated rings. The minimum atomic E-state index is -5.09. The second-order valence-electron chi connectivity index (χ2n) is 5.52. The normalized spacial score (nSPS) is 13.1. The van der Waals surface area contributed by atoms with Crippen LogP contribution in [0.3, 0.4) is 0 Å². The Bertz CT molecular complexity index is 879. The van der Waals surface area contributed by atoms with Crippen molar-refractivity contribution in [2.24, 2.45) is 0 Å². The van der Waals surface area contributed by atoms with E-state index in [0.717, 1.165) is 12.1 Å². The molecule has 6 nitrogen and oxygen atoms in total. The lowest BCUT2D eigenvalue weighted by molar-refractivity contribution is -0.264. The standard InChI is InChI=1S/C18H14F3N3O3/c19-18(20,21)17(27,13-7-2-1-3-8-13)11-23-15(25)16(26)24-14-9-5-4-6-12(14)10-22/h1-9,27H,11H2,(H,23,25)(H,24,26)/t17-/m0/s1. The Labute approximate surface area is 152 Å². The Hall–Kier alpha value is -3.38. The van der Waals surface area contributed by atoms with Crippen molar-refractivity contribution in [3.8, 4) is 6.07 Å². The predicted octanol–water partition coefficient (Wildman–Crippen LogP) is 2.06. The van der Waals surface area contributed by atoms with E-state index in [1.807, 2.05) is 0 Å². The summed E-state index contributed by atoms with van der Waals surface area (Å²) in [6, 6.07) is 13.8. The van der Waals surface area contributed by atoms with Gasteiger partial charge in [-0.2, -0.15) is 18.4 Å². The molecule has 0 saturated carbocycles. The highest BCUT2D eigenvalue weighted by Gasteiger charge is 2.55. The summed E-state index contributed by atoms with van der Waals surface area (Å²) in [6.45, 7) is -1.26. The maximum absolute atomic E-state index is 13.3. The highest BCUT2D eigenvalue weighted by atomic mass is 19.4. The van der Waals surface area contributed by atoms with Crippen molar-refractivity contribution in [1.29, 1.82) is 5.26 Å². The van der Waals surface area contributed by atoms with Gasteiger partial charge in [-0.3, -0.25) is 9.59 Å². The summed E-state index contributed by atoms with van der Waals surface area (Å²) in [4.78, 5) is 23.8. The van der Waals surface area contributed by atoms with Crippen LogP contribution >= 0.6 is 0 Å². The van der Waals surface area contributed by atoms with Gasteiger partial charge in [-0.05, 0) is 17.7 Å². The molecule has 9 heteroatoms. The zero-order chi connectivity index (χ0) is 20.1. The fourth-order valence-corrected chi connectivity index (χ4v) is 2.24. The molecule has 2 rings (SSSR count). The first kappa shape index (κ1) is 19.9. The van der Waals surface area contributed by atoms with Gasteiger partial charge in [-0.25, -0.2) is 0 Å². The summed E-state index contributed by atoms with van der Waals surface area (Å²) in [6.07, 6.45) is -5.09. The van der Waals surface area contributed by atoms with Crippen molar-refractivity contribution in [2.45, 2.75) is 11.8 Å². The van der Waals surface area contributed by atoms with Crippen LogP contribution in [0.2, 0.25) is 0 Å². The lowest BCUT2D eigenvalue weighted by Crippen LogP contribution is -2.52. The summed E-state index contributed by atoms with van der Waals surface area (Å²) >= 11 is 0. The molecule has 0 aliphatic carbocycles. The molecule has 3 N–H and O–H groups in total. The van der Waals surface area contributed by atoms with E-state index >= 15 is 0 Å². The van der Waals surface area contributed by atoms with Crippen molar-refractivity contribution in [2.75, 3.05) is 11.9 Å². The number of para-hydroxylation sites is 1. The van der Waals surface area contributed by atoms with E-state index in [9.17, 15) is 27.9 Å². The number of anilines is 1. The maximum Gasteiger partial charge on any atom is 0.423 e. The minimum absolute atomic E-state index is 0.0364. The van der Waals surface area contributed by atoms with Gasteiger partial charge < -0.3 is 15.7 Å². The number of halogens is 3. The fraction of sp³-hybridized carbons (Fsp3) is 0.167. The Balaban J connectivity index is 2.12. The summed E-state index contributed by atoms with van der Waals surface area (Å²) in [5, 5.41) is 23.0. The zero-order valence-corrected chi connectivity index (χ0v) is 13.7. The number of hydrogen-bond donors (Lipinski definition) is 3. The molecule has 140 valence electrons. The SMILES string of the molecule is N#Cc1ccccc1NC(=O)C(=O)NC[C@](O)(c1ccccc1)C(F)(F)F. The first-order valence-electron chi connectivity index (χ1n) is 7.62. The van der Waals surface area contributed by atoms with E-state index in [4.69, 9.17) is 5.26 Å². The number of nitrogens with one attached hydrogen (secondary N) is 2. The molecule has 0 aromatic heterocycles. The number of alkyl halides is 3. The molecular weight excluding hydrogens is 363 g/mol. The average Bonchev–Trinajstić information content (AvgIpc) is 2.65. The quantitative estimate of drug-likeness (QED) is 0.710. The number of amides is 2. The largest absolute Gasteiger partial charge is 0.423 e. The van der Waals surface area contributed by atoms with Gasteiger partial charge in [0, 0.05) is 0 Å². The van der Waals surface area contributed by atoms with Crippen molar-refractivity contribution in [1.82, 2.24) is 5.32 Å². The number of nitriles is 1. The van der Waals surface area contributed by atoms with Crippen LogP contribution < -0.4 is 10.6 Å². The van der Waals surface area contributed by atoms with Crippen LogP contribution in [0.4, 0.5) is 18.9 Å². The summed E-state index contributed by atoms with van der Waals surface area (Å²) in [5.74, 6) is -2.66. The minimum Gasteiger partial charge on any atom is -0.375 e. The fourth-order valence-electron chi connectivity index (χ4n) is 2.24. The van der Waals surface area contributed by atoms with Gasteiger partial charge >= 0.3 is 18.0 Å². The number of carbonyl (C=O) groups excluding carboxylic acids is 2. The lowest BCUT2D eigenvalue weighted by Gasteiger charge is -2.31. The third-order valence-electron chi connectivity index (χ3n) is 3.73. The van der Waals surface area contributed by atoms with Crippen molar-refractivity contribution in [3.05, 3.63) is 65.7 Å². The van der Waals surface area contributed by atoms with Gasteiger partial charge in [-0.1, -0.05) is 42.5 Å². The molecule has 0 aliphatic heterocycles. The second kappa shape index (κ2) is 7.88. The van der Waals surface area contributed by atoms with Gasteiger partial charge in [0.05, 0.1) is 17.8 Å². The van der Waals surface area contributed by atoms with E-state index in [1.165, 1.54) is 42.5 Å². The van der Waals surface area contributed by atoms with Crippen LogP contribution in [0.5, 0.6) is 0 Å². The Morgan fingerprint density at radius 1 is 1.00 bits per heavy atom. The van der Waals surface area contributed by atoms with E-state index in [0.29, 0.717) is 0 Å². The van der Waals surface area contributed by atoms with E-state index in [1.54, 1.807) is 11.4 Å². The monoisotopic (exact) mass is 377 g/mol. The van der Waals surface area contributed by atoms with Crippen molar-refractivity contribution < 1.29 is 27.9 Å². The van der Waals surface area contributed by atoms with E-state index in [2.05, 4.69) is 5.32 Å². The van der Waals surface area contributed by atoms with Gasteiger partial charge in [0.25, 0.3) is 0 Å². The molecule has 0 radical (unpaired) electrons. The van der Waals surface area contributed by atoms with Gasteiger partial charge in [0.15, 0.2) is 0 Å². The van der Waals surface area contributed by atoms with Crippen LogP contribution in [0.15, 0.2) is 54.6 Å². The number of benzene rings is 2. The van der Waals surface area contributed by atoms with E-state index in [-0.39, 0.29) is 11.3 Å². The van der Waals surface area contributed by atoms with Crippen molar-refractivity contribution in [3.63, 3.8) is 0 Å². The second-order valence-corrected chi connectivity index (χ2v) is 5.52. The molecule has 2 amide bonds. The first-order chi connectivity index (χ1) is 12.7. The summed E-state index contributed by atoms with van der Waals surface area (Å²) in [7, 11) is 0. The zero-order valence-electron chi connectivity index (χ0n) is 13.7. The number of rotatable bonds is 4. The Morgan fingerprint density at radius 3 is 2.19 bits per heavy atom. The molecular formula is C18H14F3N3O3. The van der Waals surface area contributed by atoms with Crippen LogP contribution in [-0.2, 0) is 15.2 Å². The number of hydrogen-bond acceptors (Lipinski definition) is 4. The van der Waals surface area contributed by atoms with Crippen LogP contribution in [0, 0.1) is 11.3 Å². The molecule has 2 aromatic rings. The number of aliphatic hydroxyl groups is 1. The van der Waals surface area contributed by atoms with Crippen molar-refractivity contribution >= 4 is 17.5 Å². The highest BCUT2D eigenvalue weighted by molar-refractivity contribution is 6.39. The third kappa shape index (κ3) is 4.43. The Morgan fingerprint density at radius 2 is 1.59 bits per heavy atom.